The van der Waals surface area contributed by atoms with Crippen LogP contribution in [-0.4, -0.2) is 23.8 Å². The van der Waals surface area contributed by atoms with Crippen molar-refractivity contribution in [2.75, 3.05) is 22.4 Å². The molecule has 1 atom stereocenters. The van der Waals surface area contributed by atoms with Crippen LogP contribution in [0.5, 0.6) is 0 Å². The van der Waals surface area contributed by atoms with Crippen LogP contribution in [0.2, 0.25) is 5.02 Å². The van der Waals surface area contributed by atoms with Crippen molar-refractivity contribution < 1.29 is 9.69 Å². The average Bonchev–Trinajstić information content (AvgIpc) is 3.12. The van der Waals surface area contributed by atoms with Gasteiger partial charge in [0.25, 0.3) is 0 Å². The van der Waals surface area contributed by atoms with Crippen molar-refractivity contribution in [3.8, 4) is 0 Å². The third-order valence-electron chi connectivity index (χ3n) is 5.71. The number of anilines is 2. The average molecular weight is 441 g/mol. The molecular weight excluding hydrogens is 415 g/mol. The van der Waals surface area contributed by atoms with E-state index in [9.17, 15) is 9.69 Å². The maximum atomic E-state index is 12.6. The molecule has 0 bridgehead atoms. The van der Waals surface area contributed by atoms with Crippen molar-refractivity contribution in [2.45, 2.75) is 19.0 Å². The molecular formula is C24H26ClN2O2P. The van der Waals surface area contributed by atoms with Crippen LogP contribution in [0, 0.1) is 0 Å². The fraction of sp³-hybridized carbons (Fsp3) is 0.208. The molecule has 1 unspecified atom stereocenters. The van der Waals surface area contributed by atoms with E-state index < -0.39 is 7.79 Å². The molecule has 1 heterocycles. The Balaban J connectivity index is 1.88. The Morgan fingerprint density at radius 1 is 0.900 bits per heavy atom. The van der Waals surface area contributed by atoms with Gasteiger partial charge in [-0.3, -0.25) is 0 Å². The molecule has 1 fully saturated rings. The predicted octanol–water partition coefficient (Wildman–Crippen LogP) is 5.87. The monoisotopic (exact) mass is 440 g/mol. The van der Waals surface area contributed by atoms with Crippen LogP contribution >= 0.6 is 19.4 Å². The third kappa shape index (κ3) is 3.96. The van der Waals surface area contributed by atoms with E-state index in [1.165, 1.54) is 0 Å². The van der Waals surface area contributed by atoms with Crippen LogP contribution in [0.3, 0.4) is 0 Å². The van der Waals surface area contributed by atoms with Gasteiger partial charge in [0.2, 0.25) is 0 Å². The number of para-hydroxylation sites is 2. The molecule has 30 heavy (non-hydrogen) atoms. The van der Waals surface area contributed by atoms with Crippen LogP contribution in [0.25, 0.3) is 0 Å². The van der Waals surface area contributed by atoms with Crippen LogP contribution in [-0.2, 0) is 4.79 Å². The number of Topliss-reactive ketones (excluding diaryl/α,β-unsaturated/α-hetero) is 1. The van der Waals surface area contributed by atoms with Gasteiger partial charge in [-0.2, -0.15) is 0 Å². The molecule has 1 aliphatic rings. The van der Waals surface area contributed by atoms with Gasteiger partial charge in [0.1, 0.15) is 0 Å². The molecule has 3 aromatic rings. The number of carbonyl (C=O) groups is 1. The summed E-state index contributed by atoms with van der Waals surface area (Å²) in [6, 6.07) is 27.5. The number of carbonyl (C=O) groups excluding carboxylic acids is 1. The normalized spacial score (nSPS) is 17.6. The number of ketones is 1. The van der Waals surface area contributed by atoms with Gasteiger partial charge >= 0.3 is 183 Å². The Hall–Kier alpha value is -2.39. The van der Waals surface area contributed by atoms with Crippen molar-refractivity contribution in [1.29, 1.82) is 0 Å². The second-order valence-corrected chi connectivity index (χ2v) is 11.3. The van der Waals surface area contributed by atoms with E-state index in [0.717, 1.165) is 16.9 Å². The molecule has 0 radical (unpaired) electrons. The maximum absolute atomic E-state index is 12.6. The van der Waals surface area contributed by atoms with Gasteiger partial charge in [0.05, 0.1) is 0 Å². The number of nitrogens with zero attached hydrogens (tertiary/aromatic N) is 2. The molecule has 0 aromatic heterocycles. The van der Waals surface area contributed by atoms with Gasteiger partial charge in [-0.25, -0.2) is 0 Å². The molecule has 1 aliphatic heterocycles. The van der Waals surface area contributed by atoms with Crippen molar-refractivity contribution >= 4 is 36.5 Å². The Bertz CT molecular complexity index is 951. The standard InChI is InChI=1S/C24H26ClN2O2P/c1-19(28)18-24(20-12-14-21(25)15-13-20)30(29)26(22-8-4-2-5-9-22)16-17-27(30)23-10-6-3-7-11-23/h2-15,24,29-30H,16-18H2,1H3. The molecule has 1 N–H and O–H groups in total. The second-order valence-electron chi connectivity index (χ2n) is 7.67. The zero-order valence-electron chi connectivity index (χ0n) is 16.9. The van der Waals surface area contributed by atoms with Crippen LogP contribution in [0.4, 0.5) is 11.4 Å². The Morgan fingerprint density at radius 3 is 1.80 bits per heavy atom. The summed E-state index contributed by atoms with van der Waals surface area (Å²) >= 11 is 6.13. The topological polar surface area (TPSA) is 43.8 Å². The van der Waals surface area contributed by atoms with Gasteiger partial charge in [0, 0.05) is 0 Å². The second kappa shape index (κ2) is 8.77. The molecule has 156 valence electrons. The summed E-state index contributed by atoms with van der Waals surface area (Å²) < 4.78 is 4.28. The van der Waals surface area contributed by atoms with Crippen molar-refractivity contribution in [3.05, 3.63) is 95.5 Å². The van der Waals surface area contributed by atoms with E-state index in [1.54, 1.807) is 6.92 Å². The first-order valence-electron chi connectivity index (χ1n) is 10.1. The number of halogens is 1. The summed E-state index contributed by atoms with van der Waals surface area (Å²) in [5.41, 5.74) is 2.57. The van der Waals surface area contributed by atoms with Crippen LogP contribution in [0.15, 0.2) is 84.9 Å². The fourth-order valence-corrected chi connectivity index (χ4v) is 8.65. The number of hydrogen-bond donors (Lipinski definition) is 1. The van der Waals surface area contributed by atoms with Gasteiger partial charge in [0.15, 0.2) is 0 Å². The first-order chi connectivity index (χ1) is 14.5. The van der Waals surface area contributed by atoms with E-state index in [4.69, 9.17) is 11.6 Å². The van der Waals surface area contributed by atoms with Crippen molar-refractivity contribution in [3.63, 3.8) is 0 Å². The number of rotatable bonds is 6. The van der Waals surface area contributed by atoms with E-state index in [0.29, 0.717) is 18.1 Å². The quantitative estimate of drug-likeness (QED) is 0.486. The summed E-state index contributed by atoms with van der Waals surface area (Å²) in [6.07, 6.45) is 0.275. The van der Waals surface area contributed by atoms with Crippen LogP contribution < -0.4 is 9.34 Å². The fourth-order valence-electron chi connectivity index (χ4n) is 4.37. The SMILES string of the molecule is CC(=O)CC(c1ccc(Cl)cc1)[PH]1(O)N(c2ccccc2)CCN1c1ccccc1. The van der Waals surface area contributed by atoms with E-state index in [1.807, 2.05) is 84.9 Å². The van der Waals surface area contributed by atoms with Crippen LogP contribution in [0.1, 0.15) is 24.6 Å². The minimum absolute atomic E-state index is 0.0591. The predicted molar refractivity (Wildman–Crippen MR) is 128 cm³/mol. The summed E-state index contributed by atoms with van der Waals surface area (Å²) in [6.45, 7) is 2.99. The summed E-state index contributed by atoms with van der Waals surface area (Å²) in [7, 11) is -3.37. The summed E-state index contributed by atoms with van der Waals surface area (Å²) in [5, 5.41) is 0.639. The molecule has 0 saturated carbocycles. The zero-order valence-corrected chi connectivity index (χ0v) is 18.7. The number of hydrogen-bond acceptors (Lipinski definition) is 4. The molecule has 0 amide bonds. The Morgan fingerprint density at radius 2 is 1.37 bits per heavy atom. The van der Waals surface area contributed by atoms with Crippen molar-refractivity contribution in [2.24, 2.45) is 0 Å². The number of benzene rings is 3. The molecule has 3 aromatic carbocycles. The molecule has 0 aliphatic carbocycles. The minimum atomic E-state index is -3.37. The van der Waals surface area contributed by atoms with Gasteiger partial charge in [-0.05, 0) is 0 Å². The Kier molecular flexibility index (Phi) is 6.10. The Labute approximate surface area is 183 Å². The van der Waals surface area contributed by atoms with Gasteiger partial charge in [-0.15, -0.1) is 0 Å². The third-order valence-corrected chi connectivity index (χ3v) is 9.99. The van der Waals surface area contributed by atoms with Crippen molar-refractivity contribution in [1.82, 2.24) is 0 Å². The van der Waals surface area contributed by atoms with E-state index in [-0.39, 0.29) is 17.9 Å². The molecule has 4 nitrogen and oxygen atoms in total. The van der Waals surface area contributed by atoms with E-state index >= 15 is 0 Å². The first kappa shape index (κ1) is 20.9. The molecule has 6 heteroatoms. The zero-order chi connectivity index (χ0) is 21.1. The molecule has 4 rings (SSSR count). The summed E-state index contributed by atoms with van der Waals surface area (Å²) in [4.78, 5) is 24.9. The van der Waals surface area contributed by atoms with Gasteiger partial charge in [-0.1, -0.05) is 0 Å². The van der Waals surface area contributed by atoms with E-state index in [2.05, 4.69) is 9.34 Å². The molecule has 0 spiro atoms. The summed E-state index contributed by atoms with van der Waals surface area (Å²) in [5.74, 6) is 0.0591. The molecule has 1 saturated heterocycles. The first-order valence-corrected chi connectivity index (χ1v) is 12.4. The van der Waals surface area contributed by atoms with Gasteiger partial charge < -0.3 is 0 Å².